The van der Waals surface area contributed by atoms with Gasteiger partial charge in [0, 0.05) is 20.2 Å². The van der Waals surface area contributed by atoms with E-state index < -0.39 is 5.97 Å². The molecule has 0 saturated carbocycles. The smallest absolute Gasteiger partial charge is 0.356 e. The third-order valence-corrected chi connectivity index (χ3v) is 3.31. The van der Waals surface area contributed by atoms with Crippen molar-refractivity contribution in [1.29, 1.82) is 0 Å². The lowest BCUT2D eigenvalue weighted by Crippen LogP contribution is -2.40. The maximum Gasteiger partial charge on any atom is 0.356 e. The molecule has 0 spiro atoms. The Morgan fingerprint density at radius 1 is 1.47 bits per heavy atom. The van der Waals surface area contributed by atoms with E-state index >= 15 is 0 Å². The van der Waals surface area contributed by atoms with Crippen LogP contribution in [0.2, 0.25) is 0 Å². The topological polar surface area (TPSA) is 77.7 Å². The summed E-state index contributed by atoms with van der Waals surface area (Å²) >= 11 is 0. The number of rotatable bonds is 3. The molecule has 1 aromatic rings. The molecule has 104 valence electrons. The second kappa shape index (κ2) is 5.88. The van der Waals surface area contributed by atoms with Crippen LogP contribution >= 0.6 is 0 Å². The van der Waals surface area contributed by atoms with Crippen LogP contribution in [0.1, 0.15) is 23.3 Å². The molecule has 1 saturated heterocycles. The standard InChI is InChI=1S/C13H19N3O3/c1-18-9-4-3-7-16(8-9)12-10(14)5-6-11(15-12)13(17)19-2/h5-6,9H,3-4,7-8,14H2,1-2H3. The molecule has 1 aliphatic rings. The summed E-state index contributed by atoms with van der Waals surface area (Å²) in [5, 5.41) is 0. The molecule has 1 unspecified atom stereocenters. The van der Waals surface area contributed by atoms with Crippen molar-refractivity contribution < 1.29 is 14.3 Å². The number of nitrogens with two attached hydrogens (primary N) is 1. The van der Waals surface area contributed by atoms with Gasteiger partial charge in [-0.2, -0.15) is 0 Å². The van der Waals surface area contributed by atoms with Crippen LogP contribution in [0.15, 0.2) is 12.1 Å². The van der Waals surface area contributed by atoms with E-state index in [0.29, 0.717) is 11.5 Å². The van der Waals surface area contributed by atoms with Crippen LogP contribution < -0.4 is 10.6 Å². The van der Waals surface area contributed by atoms with E-state index in [-0.39, 0.29) is 11.8 Å². The molecule has 19 heavy (non-hydrogen) atoms. The second-order valence-corrected chi connectivity index (χ2v) is 4.55. The van der Waals surface area contributed by atoms with E-state index in [1.165, 1.54) is 7.11 Å². The quantitative estimate of drug-likeness (QED) is 0.824. The number of pyridine rings is 1. The van der Waals surface area contributed by atoms with Crippen LogP contribution in [0.25, 0.3) is 0 Å². The van der Waals surface area contributed by atoms with Crippen molar-refractivity contribution in [2.24, 2.45) is 0 Å². The molecule has 1 atom stereocenters. The van der Waals surface area contributed by atoms with E-state index in [1.54, 1.807) is 19.2 Å². The molecule has 1 fully saturated rings. The van der Waals surface area contributed by atoms with Gasteiger partial charge in [0.1, 0.15) is 0 Å². The predicted molar refractivity (Wildman–Crippen MR) is 72.2 cm³/mol. The zero-order valence-electron chi connectivity index (χ0n) is 11.3. The molecule has 2 N–H and O–H groups in total. The van der Waals surface area contributed by atoms with Crippen molar-refractivity contribution in [3.8, 4) is 0 Å². The maximum atomic E-state index is 11.5. The molecule has 1 aromatic heterocycles. The summed E-state index contributed by atoms with van der Waals surface area (Å²) < 4.78 is 10.1. The van der Waals surface area contributed by atoms with Crippen molar-refractivity contribution in [1.82, 2.24) is 4.98 Å². The molecule has 1 aliphatic heterocycles. The minimum absolute atomic E-state index is 0.178. The first kappa shape index (κ1) is 13.6. The zero-order chi connectivity index (χ0) is 13.8. The van der Waals surface area contributed by atoms with E-state index in [0.717, 1.165) is 25.9 Å². The number of carbonyl (C=O) groups is 1. The summed E-state index contributed by atoms with van der Waals surface area (Å²) in [4.78, 5) is 17.9. The summed E-state index contributed by atoms with van der Waals surface area (Å²) in [6.07, 6.45) is 2.22. The number of hydrogen-bond donors (Lipinski definition) is 1. The Kier molecular flexibility index (Phi) is 4.21. The average Bonchev–Trinajstić information content (AvgIpc) is 2.47. The Hall–Kier alpha value is -1.82. The van der Waals surface area contributed by atoms with Crippen LogP contribution in [0, 0.1) is 0 Å². The number of hydrogen-bond acceptors (Lipinski definition) is 6. The van der Waals surface area contributed by atoms with Crippen LogP contribution in [-0.2, 0) is 9.47 Å². The van der Waals surface area contributed by atoms with E-state index in [9.17, 15) is 4.79 Å². The Bertz CT molecular complexity index is 464. The molecule has 0 bridgehead atoms. The van der Waals surface area contributed by atoms with E-state index in [1.807, 2.05) is 0 Å². The monoisotopic (exact) mass is 265 g/mol. The van der Waals surface area contributed by atoms with Crippen LogP contribution in [0.3, 0.4) is 0 Å². The molecule has 0 radical (unpaired) electrons. The number of esters is 1. The fraction of sp³-hybridized carbons (Fsp3) is 0.538. The van der Waals surface area contributed by atoms with Gasteiger partial charge >= 0.3 is 5.97 Å². The Labute approximate surface area is 112 Å². The van der Waals surface area contributed by atoms with Crippen molar-refractivity contribution in [2.75, 3.05) is 37.9 Å². The number of carbonyl (C=O) groups excluding carboxylic acids is 1. The molecule has 2 heterocycles. The first-order valence-corrected chi connectivity index (χ1v) is 6.28. The van der Waals surface area contributed by atoms with Crippen molar-refractivity contribution in [3.63, 3.8) is 0 Å². The highest BCUT2D eigenvalue weighted by Crippen LogP contribution is 2.25. The summed E-state index contributed by atoms with van der Waals surface area (Å²) in [7, 11) is 3.04. The fourth-order valence-electron chi connectivity index (χ4n) is 2.25. The summed E-state index contributed by atoms with van der Waals surface area (Å²) in [6, 6.07) is 3.26. The molecule has 0 amide bonds. The highest BCUT2D eigenvalue weighted by molar-refractivity contribution is 5.88. The SMILES string of the molecule is COC(=O)c1ccc(N)c(N2CCCC(OC)C2)n1. The van der Waals surface area contributed by atoms with Crippen LogP contribution in [0.4, 0.5) is 11.5 Å². The number of methoxy groups -OCH3 is 2. The predicted octanol–water partition coefficient (Wildman–Crippen LogP) is 1.07. The fourth-order valence-corrected chi connectivity index (χ4v) is 2.25. The maximum absolute atomic E-state index is 11.5. The van der Waals surface area contributed by atoms with Crippen molar-refractivity contribution in [3.05, 3.63) is 17.8 Å². The Morgan fingerprint density at radius 3 is 2.95 bits per heavy atom. The molecular weight excluding hydrogens is 246 g/mol. The second-order valence-electron chi connectivity index (χ2n) is 4.55. The normalized spacial score (nSPS) is 19.3. The van der Waals surface area contributed by atoms with Gasteiger partial charge in [-0.3, -0.25) is 0 Å². The third-order valence-electron chi connectivity index (χ3n) is 3.31. The van der Waals surface area contributed by atoms with Gasteiger partial charge in [-0.1, -0.05) is 0 Å². The number of anilines is 2. The number of nitrogen functional groups attached to an aromatic ring is 1. The number of piperidine rings is 1. The van der Waals surface area contributed by atoms with Gasteiger partial charge in [0.2, 0.25) is 0 Å². The molecule has 6 nitrogen and oxygen atoms in total. The number of nitrogens with zero attached hydrogens (tertiary/aromatic N) is 2. The summed E-state index contributed by atoms with van der Waals surface area (Å²) in [6.45, 7) is 1.60. The van der Waals surface area contributed by atoms with Crippen LogP contribution in [-0.4, -0.2) is 44.4 Å². The van der Waals surface area contributed by atoms with E-state index in [2.05, 4.69) is 14.6 Å². The van der Waals surface area contributed by atoms with Gasteiger partial charge in [0.15, 0.2) is 11.5 Å². The minimum Gasteiger partial charge on any atom is -0.464 e. The van der Waals surface area contributed by atoms with Crippen molar-refractivity contribution in [2.45, 2.75) is 18.9 Å². The molecule has 2 rings (SSSR count). The molecule has 0 aliphatic carbocycles. The lowest BCUT2D eigenvalue weighted by atomic mass is 10.1. The van der Waals surface area contributed by atoms with Crippen molar-refractivity contribution >= 4 is 17.5 Å². The summed E-state index contributed by atoms with van der Waals surface area (Å²) in [5.41, 5.74) is 6.78. The number of ether oxygens (including phenoxy) is 2. The third kappa shape index (κ3) is 2.96. The summed E-state index contributed by atoms with van der Waals surface area (Å²) in [5.74, 6) is 0.172. The highest BCUT2D eigenvalue weighted by atomic mass is 16.5. The van der Waals surface area contributed by atoms with Gasteiger partial charge < -0.3 is 20.1 Å². The highest BCUT2D eigenvalue weighted by Gasteiger charge is 2.23. The number of aromatic nitrogens is 1. The van der Waals surface area contributed by atoms with Gasteiger partial charge in [-0.25, -0.2) is 9.78 Å². The first-order chi connectivity index (χ1) is 9.15. The largest absolute Gasteiger partial charge is 0.464 e. The first-order valence-electron chi connectivity index (χ1n) is 6.28. The lowest BCUT2D eigenvalue weighted by Gasteiger charge is -2.33. The van der Waals surface area contributed by atoms with Gasteiger partial charge in [0.25, 0.3) is 0 Å². The minimum atomic E-state index is -0.457. The average molecular weight is 265 g/mol. The van der Waals surface area contributed by atoms with Gasteiger partial charge in [-0.05, 0) is 25.0 Å². The lowest BCUT2D eigenvalue weighted by molar-refractivity contribution is 0.0594. The van der Waals surface area contributed by atoms with Crippen LogP contribution in [0.5, 0.6) is 0 Å². The molecular formula is C13H19N3O3. The van der Waals surface area contributed by atoms with E-state index in [4.69, 9.17) is 10.5 Å². The Balaban J connectivity index is 2.25. The zero-order valence-corrected chi connectivity index (χ0v) is 11.3. The Morgan fingerprint density at radius 2 is 2.26 bits per heavy atom. The molecule has 0 aromatic carbocycles. The van der Waals surface area contributed by atoms with Gasteiger partial charge in [0.05, 0.1) is 18.9 Å². The van der Waals surface area contributed by atoms with Gasteiger partial charge in [-0.15, -0.1) is 0 Å². The molecule has 6 heteroatoms.